The van der Waals surface area contributed by atoms with Crippen LogP contribution in [0.1, 0.15) is 24.1 Å². The standard InChI is InChI=1S/C22H22ClFN2O3S2/c23-19-10-22(31(27,28)14-17-13-30-15-25-17)20(24)11-21(19)29-18-6-8-26(9-7-18)12-16-4-2-1-3-5-16/h1-5,10-11,13,15,18H,6-9,12,14H2. The number of halogens is 2. The van der Waals surface area contributed by atoms with E-state index in [1.807, 2.05) is 18.2 Å². The first kappa shape index (κ1) is 22.2. The third-order valence-corrected chi connectivity index (χ3v) is 7.81. The Kier molecular flexibility index (Phi) is 6.91. The average molecular weight is 481 g/mol. The number of hydrogen-bond donors (Lipinski definition) is 0. The largest absolute Gasteiger partial charge is 0.489 e. The Hall–Kier alpha value is -2.00. The Balaban J connectivity index is 1.39. The zero-order chi connectivity index (χ0) is 21.8. The fourth-order valence-electron chi connectivity index (χ4n) is 3.63. The molecule has 1 aliphatic heterocycles. The summed E-state index contributed by atoms with van der Waals surface area (Å²) >= 11 is 7.55. The van der Waals surface area contributed by atoms with Crippen molar-refractivity contribution in [2.75, 3.05) is 13.1 Å². The maximum atomic E-state index is 14.7. The Morgan fingerprint density at radius 3 is 2.61 bits per heavy atom. The Morgan fingerprint density at radius 2 is 1.94 bits per heavy atom. The molecule has 1 aromatic heterocycles. The predicted molar refractivity (Wildman–Crippen MR) is 120 cm³/mol. The van der Waals surface area contributed by atoms with E-state index in [1.54, 1.807) is 5.38 Å². The van der Waals surface area contributed by atoms with Crippen LogP contribution in [0, 0.1) is 5.82 Å². The van der Waals surface area contributed by atoms with E-state index < -0.39 is 20.5 Å². The maximum absolute atomic E-state index is 14.7. The molecule has 0 saturated carbocycles. The average Bonchev–Trinajstić information content (AvgIpc) is 3.25. The molecule has 2 heterocycles. The van der Waals surface area contributed by atoms with Gasteiger partial charge in [-0.05, 0) is 24.5 Å². The smallest absolute Gasteiger partial charge is 0.187 e. The van der Waals surface area contributed by atoms with Crippen molar-refractivity contribution in [3.05, 3.63) is 75.5 Å². The normalized spacial score (nSPS) is 15.8. The van der Waals surface area contributed by atoms with Crippen molar-refractivity contribution in [2.24, 2.45) is 0 Å². The molecule has 5 nitrogen and oxygen atoms in total. The van der Waals surface area contributed by atoms with Crippen LogP contribution >= 0.6 is 22.9 Å². The summed E-state index contributed by atoms with van der Waals surface area (Å²) in [4.78, 5) is 5.88. The second-order valence-electron chi connectivity index (χ2n) is 7.53. The van der Waals surface area contributed by atoms with E-state index in [-0.39, 0.29) is 22.6 Å². The van der Waals surface area contributed by atoms with E-state index in [9.17, 15) is 12.8 Å². The molecule has 164 valence electrons. The van der Waals surface area contributed by atoms with E-state index in [1.165, 1.54) is 22.4 Å². The van der Waals surface area contributed by atoms with Crippen LogP contribution in [0.4, 0.5) is 4.39 Å². The molecule has 3 aromatic rings. The van der Waals surface area contributed by atoms with Gasteiger partial charge in [-0.15, -0.1) is 11.3 Å². The number of ether oxygens (including phenoxy) is 1. The van der Waals surface area contributed by atoms with E-state index in [0.717, 1.165) is 44.6 Å². The third kappa shape index (κ3) is 5.63. The highest BCUT2D eigenvalue weighted by molar-refractivity contribution is 7.90. The minimum Gasteiger partial charge on any atom is -0.489 e. The summed E-state index contributed by atoms with van der Waals surface area (Å²) in [6, 6.07) is 12.5. The predicted octanol–water partition coefficient (Wildman–Crippen LogP) is 4.95. The van der Waals surface area contributed by atoms with Gasteiger partial charge in [0.05, 0.1) is 22.0 Å². The number of thiazole rings is 1. The molecule has 1 saturated heterocycles. The second kappa shape index (κ2) is 9.65. The van der Waals surface area contributed by atoms with Crippen molar-refractivity contribution in [2.45, 2.75) is 36.1 Å². The van der Waals surface area contributed by atoms with Gasteiger partial charge in [0.1, 0.15) is 22.6 Å². The lowest BCUT2D eigenvalue weighted by atomic mass is 10.1. The van der Waals surface area contributed by atoms with E-state index in [2.05, 4.69) is 22.0 Å². The fraction of sp³-hybridized carbons (Fsp3) is 0.318. The van der Waals surface area contributed by atoms with Gasteiger partial charge in [0.2, 0.25) is 0 Å². The minimum absolute atomic E-state index is 0.0879. The van der Waals surface area contributed by atoms with Gasteiger partial charge in [-0.1, -0.05) is 41.9 Å². The lowest BCUT2D eigenvalue weighted by molar-refractivity contribution is 0.0965. The van der Waals surface area contributed by atoms with Crippen LogP contribution in [0.25, 0.3) is 0 Å². The highest BCUT2D eigenvalue weighted by atomic mass is 35.5. The molecular formula is C22H22ClFN2O3S2. The Labute approximate surface area is 190 Å². The molecule has 0 atom stereocenters. The molecule has 0 spiro atoms. The van der Waals surface area contributed by atoms with Gasteiger partial charge in [0, 0.05) is 31.1 Å². The molecule has 1 fully saturated rings. The lowest BCUT2D eigenvalue weighted by Gasteiger charge is -2.32. The first-order chi connectivity index (χ1) is 14.9. The van der Waals surface area contributed by atoms with E-state index >= 15 is 0 Å². The number of benzene rings is 2. The summed E-state index contributed by atoms with van der Waals surface area (Å²) in [5.41, 5.74) is 3.18. The maximum Gasteiger partial charge on any atom is 0.187 e. The first-order valence-electron chi connectivity index (χ1n) is 9.92. The van der Waals surface area contributed by atoms with Gasteiger partial charge in [-0.3, -0.25) is 4.90 Å². The van der Waals surface area contributed by atoms with Gasteiger partial charge in [0.25, 0.3) is 0 Å². The van der Waals surface area contributed by atoms with Crippen LogP contribution in [0.2, 0.25) is 5.02 Å². The molecule has 1 aliphatic rings. The zero-order valence-corrected chi connectivity index (χ0v) is 19.1. The van der Waals surface area contributed by atoms with Gasteiger partial charge in [-0.25, -0.2) is 17.8 Å². The van der Waals surface area contributed by atoms with Crippen LogP contribution in [-0.4, -0.2) is 37.5 Å². The van der Waals surface area contributed by atoms with Crippen LogP contribution in [0.15, 0.2) is 58.3 Å². The van der Waals surface area contributed by atoms with Gasteiger partial charge in [-0.2, -0.15) is 0 Å². The summed E-state index contributed by atoms with van der Waals surface area (Å²) in [7, 11) is -3.90. The second-order valence-corrected chi connectivity index (χ2v) is 10.6. The van der Waals surface area contributed by atoms with E-state index in [0.29, 0.717) is 5.69 Å². The molecular weight excluding hydrogens is 459 g/mol. The number of likely N-dealkylation sites (tertiary alicyclic amines) is 1. The van der Waals surface area contributed by atoms with Gasteiger partial charge >= 0.3 is 0 Å². The Bertz CT molecular complexity index is 1120. The topological polar surface area (TPSA) is 59.5 Å². The van der Waals surface area contributed by atoms with Crippen molar-refractivity contribution >= 4 is 32.8 Å². The highest BCUT2D eigenvalue weighted by Gasteiger charge is 2.26. The van der Waals surface area contributed by atoms with Crippen molar-refractivity contribution in [1.82, 2.24) is 9.88 Å². The fourth-order valence-corrected chi connectivity index (χ4v) is 5.92. The van der Waals surface area contributed by atoms with Gasteiger partial charge < -0.3 is 4.74 Å². The summed E-state index contributed by atoms with van der Waals surface area (Å²) < 4.78 is 45.8. The third-order valence-electron chi connectivity index (χ3n) is 5.22. The quantitative estimate of drug-likeness (QED) is 0.478. The number of rotatable bonds is 7. The van der Waals surface area contributed by atoms with Crippen LogP contribution in [-0.2, 0) is 22.1 Å². The number of nitrogens with zero attached hydrogens (tertiary/aromatic N) is 2. The monoisotopic (exact) mass is 480 g/mol. The van der Waals surface area contributed by atoms with Crippen molar-refractivity contribution in [3.8, 4) is 5.75 Å². The van der Waals surface area contributed by atoms with E-state index in [4.69, 9.17) is 16.3 Å². The molecule has 4 rings (SSSR count). The number of sulfone groups is 1. The molecule has 9 heteroatoms. The summed E-state index contributed by atoms with van der Waals surface area (Å²) in [5, 5.41) is 1.71. The van der Waals surface area contributed by atoms with Crippen LogP contribution < -0.4 is 4.74 Å². The molecule has 0 bridgehead atoms. The molecule has 0 radical (unpaired) electrons. The van der Waals surface area contributed by atoms with Crippen LogP contribution in [0.5, 0.6) is 5.75 Å². The van der Waals surface area contributed by atoms with Gasteiger partial charge in [0.15, 0.2) is 9.84 Å². The number of piperidine rings is 1. The molecule has 31 heavy (non-hydrogen) atoms. The summed E-state index contributed by atoms with van der Waals surface area (Å²) in [6.45, 7) is 2.61. The van der Waals surface area contributed by atoms with Crippen molar-refractivity contribution in [3.63, 3.8) is 0 Å². The van der Waals surface area contributed by atoms with Crippen LogP contribution in [0.3, 0.4) is 0 Å². The minimum atomic E-state index is -3.90. The first-order valence-corrected chi connectivity index (χ1v) is 12.9. The number of aromatic nitrogens is 1. The summed E-state index contributed by atoms with van der Waals surface area (Å²) in [5.74, 6) is -1.06. The number of hydrogen-bond acceptors (Lipinski definition) is 6. The zero-order valence-electron chi connectivity index (χ0n) is 16.7. The molecule has 2 aromatic carbocycles. The summed E-state index contributed by atoms with van der Waals surface area (Å²) in [6.07, 6.45) is 1.48. The molecule has 0 N–H and O–H groups in total. The van der Waals surface area contributed by atoms with Crippen molar-refractivity contribution < 1.29 is 17.5 Å². The lowest BCUT2D eigenvalue weighted by Crippen LogP contribution is -2.37. The van der Waals surface area contributed by atoms with Crippen molar-refractivity contribution in [1.29, 1.82) is 0 Å². The molecule has 0 amide bonds. The highest BCUT2D eigenvalue weighted by Crippen LogP contribution is 2.33. The molecule has 0 aliphatic carbocycles. The SMILES string of the molecule is O=S(=O)(Cc1cscn1)c1cc(Cl)c(OC2CCN(Cc3ccccc3)CC2)cc1F. The Morgan fingerprint density at radius 1 is 1.19 bits per heavy atom. The molecule has 0 unspecified atom stereocenters.